The number of anilines is 1. The molecule has 0 atom stereocenters. The summed E-state index contributed by atoms with van der Waals surface area (Å²) in [6.07, 6.45) is 0. The highest BCUT2D eigenvalue weighted by molar-refractivity contribution is 7.10. The molecule has 0 unspecified atom stereocenters. The van der Waals surface area contributed by atoms with Crippen molar-refractivity contribution >= 4 is 17.4 Å². The third-order valence-electron chi connectivity index (χ3n) is 1.93. The van der Waals surface area contributed by atoms with E-state index in [1.54, 1.807) is 12.1 Å². The molecule has 6 heteroatoms. The van der Waals surface area contributed by atoms with Gasteiger partial charge >= 0.3 is 0 Å². The first-order valence-corrected chi connectivity index (χ1v) is 4.91. The van der Waals surface area contributed by atoms with Crippen LogP contribution in [0.15, 0.2) is 18.2 Å². The summed E-state index contributed by atoms with van der Waals surface area (Å²) in [5.74, 6) is 0.0853. The molecule has 78 valence electrons. The van der Waals surface area contributed by atoms with E-state index in [1.807, 2.05) is 0 Å². The number of nitrogens with two attached hydrogens (primary N) is 1. The lowest BCUT2D eigenvalue weighted by Crippen LogP contribution is -1.90. The number of hydrogen-bond acceptors (Lipinski definition) is 5. The molecular weight excluding hydrogens is 217 g/mol. The molecule has 0 saturated heterocycles. The highest BCUT2D eigenvalue weighted by atomic mass is 32.1. The topological polar surface area (TPSA) is 61.0 Å². The summed E-state index contributed by atoms with van der Waals surface area (Å²) in [6.45, 7) is 0. The molecule has 0 aliphatic rings. The fourth-order valence-electron chi connectivity index (χ4n) is 1.21. The quantitative estimate of drug-likeness (QED) is 0.848. The van der Waals surface area contributed by atoms with Crippen molar-refractivity contribution in [1.29, 1.82) is 0 Å². The van der Waals surface area contributed by atoms with Crippen LogP contribution in [0.25, 0.3) is 10.4 Å². The van der Waals surface area contributed by atoms with Gasteiger partial charge in [-0.15, -0.1) is 5.10 Å². The Balaban J connectivity index is 2.47. The van der Waals surface area contributed by atoms with E-state index in [-0.39, 0.29) is 5.75 Å². The largest absolute Gasteiger partial charge is 0.494 e. The van der Waals surface area contributed by atoms with Crippen LogP contribution < -0.4 is 10.5 Å². The van der Waals surface area contributed by atoms with Crippen molar-refractivity contribution in [3.8, 4) is 16.2 Å². The van der Waals surface area contributed by atoms with Gasteiger partial charge in [-0.25, -0.2) is 4.39 Å². The smallest absolute Gasteiger partial charge is 0.166 e. The molecule has 15 heavy (non-hydrogen) atoms. The summed E-state index contributed by atoms with van der Waals surface area (Å²) >= 11 is 1.13. The predicted molar refractivity (Wildman–Crippen MR) is 56.3 cm³/mol. The van der Waals surface area contributed by atoms with Crippen molar-refractivity contribution < 1.29 is 9.13 Å². The van der Waals surface area contributed by atoms with Crippen LogP contribution in [0.2, 0.25) is 0 Å². The molecule has 0 fully saturated rings. The lowest BCUT2D eigenvalue weighted by atomic mass is 10.2. The zero-order valence-electron chi connectivity index (χ0n) is 7.90. The van der Waals surface area contributed by atoms with Crippen LogP contribution in [0, 0.1) is 5.82 Å². The normalized spacial score (nSPS) is 10.3. The molecule has 0 aliphatic carbocycles. The summed E-state index contributed by atoms with van der Waals surface area (Å²) in [7, 11) is 1.42. The minimum absolute atomic E-state index is 0.204. The number of benzene rings is 1. The van der Waals surface area contributed by atoms with Gasteiger partial charge < -0.3 is 10.5 Å². The molecule has 1 aromatic heterocycles. The molecule has 1 heterocycles. The first-order chi connectivity index (χ1) is 7.22. The first-order valence-electron chi connectivity index (χ1n) is 4.14. The Labute approximate surface area is 89.7 Å². The maximum absolute atomic E-state index is 13.4. The predicted octanol–water partition coefficient (Wildman–Crippen LogP) is 1.93. The average Bonchev–Trinajstić information content (AvgIpc) is 2.64. The Morgan fingerprint density at radius 1 is 1.47 bits per heavy atom. The second-order valence-corrected chi connectivity index (χ2v) is 3.59. The van der Waals surface area contributed by atoms with Crippen LogP contribution in [0.4, 0.5) is 10.2 Å². The van der Waals surface area contributed by atoms with Crippen LogP contribution >= 0.6 is 11.5 Å². The highest BCUT2D eigenvalue weighted by Gasteiger charge is 2.10. The number of nitrogen functional groups attached to an aromatic ring is 1. The molecule has 2 aromatic rings. The minimum Gasteiger partial charge on any atom is -0.494 e. The lowest BCUT2D eigenvalue weighted by Gasteiger charge is -2.03. The molecule has 0 radical (unpaired) electrons. The number of halogens is 1. The Morgan fingerprint density at radius 3 is 2.80 bits per heavy atom. The second-order valence-electron chi connectivity index (χ2n) is 2.84. The Kier molecular flexibility index (Phi) is 2.51. The van der Waals surface area contributed by atoms with Gasteiger partial charge in [-0.3, -0.25) is 0 Å². The summed E-state index contributed by atoms with van der Waals surface area (Å²) < 4.78 is 21.9. The first kappa shape index (κ1) is 9.85. The van der Waals surface area contributed by atoms with E-state index in [2.05, 4.69) is 9.59 Å². The molecule has 2 rings (SSSR count). The zero-order valence-corrected chi connectivity index (χ0v) is 8.71. The van der Waals surface area contributed by atoms with Crippen molar-refractivity contribution in [2.45, 2.75) is 0 Å². The summed E-state index contributed by atoms with van der Waals surface area (Å²) in [6, 6.07) is 4.61. The SMILES string of the molecule is COc1ccc(-c2snnc2N)cc1F. The van der Waals surface area contributed by atoms with Crippen molar-refractivity contribution in [3.05, 3.63) is 24.0 Å². The van der Waals surface area contributed by atoms with E-state index in [9.17, 15) is 4.39 Å². The molecule has 0 saturated carbocycles. The minimum atomic E-state index is -0.428. The Bertz CT molecular complexity index is 486. The molecule has 0 aliphatic heterocycles. The van der Waals surface area contributed by atoms with Crippen molar-refractivity contribution in [3.63, 3.8) is 0 Å². The third kappa shape index (κ3) is 1.75. The number of methoxy groups -OCH3 is 1. The maximum Gasteiger partial charge on any atom is 0.166 e. The van der Waals surface area contributed by atoms with Crippen molar-refractivity contribution in [2.75, 3.05) is 12.8 Å². The van der Waals surface area contributed by atoms with Crippen LogP contribution in [0.1, 0.15) is 0 Å². The van der Waals surface area contributed by atoms with Crippen molar-refractivity contribution in [2.24, 2.45) is 0 Å². The summed E-state index contributed by atoms with van der Waals surface area (Å²) in [5, 5.41) is 3.66. The molecule has 0 spiro atoms. The maximum atomic E-state index is 13.4. The highest BCUT2D eigenvalue weighted by Crippen LogP contribution is 2.30. The van der Waals surface area contributed by atoms with E-state index >= 15 is 0 Å². The second kappa shape index (κ2) is 3.82. The zero-order chi connectivity index (χ0) is 10.8. The number of nitrogens with zero attached hydrogens (tertiary/aromatic N) is 2. The van der Waals surface area contributed by atoms with E-state index in [1.165, 1.54) is 13.2 Å². The van der Waals surface area contributed by atoms with Gasteiger partial charge in [0.2, 0.25) is 0 Å². The van der Waals surface area contributed by atoms with Gasteiger partial charge in [-0.2, -0.15) is 0 Å². The van der Waals surface area contributed by atoms with E-state index in [0.29, 0.717) is 16.3 Å². The van der Waals surface area contributed by atoms with Gasteiger partial charge in [0.25, 0.3) is 0 Å². The van der Waals surface area contributed by atoms with Gasteiger partial charge in [-0.05, 0) is 29.7 Å². The molecule has 4 nitrogen and oxygen atoms in total. The Morgan fingerprint density at radius 2 is 2.27 bits per heavy atom. The van der Waals surface area contributed by atoms with E-state index in [4.69, 9.17) is 10.5 Å². The van der Waals surface area contributed by atoms with E-state index < -0.39 is 5.82 Å². The molecule has 2 N–H and O–H groups in total. The number of rotatable bonds is 2. The average molecular weight is 225 g/mol. The molecule has 0 bridgehead atoms. The van der Waals surface area contributed by atoms with Crippen LogP contribution in [-0.2, 0) is 0 Å². The number of hydrogen-bond donors (Lipinski definition) is 1. The van der Waals surface area contributed by atoms with Gasteiger partial charge in [0.15, 0.2) is 17.4 Å². The monoisotopic (exact) mass is 225 g/mol. The Hall–Kier alpha value is -1.69. The molecule has 1 aromatic carbocycles. The van der Waals surface area contributed by atoms with Gasteiger partial charge in [0.05, 0.1) is 12.0 Å². The standard InChI is InChI=1S/C9H8FN3OS/c1-14-7-3-2-5(4-6(7)10)8-9(11)12-13-15-8/h2-4H,11H2,1H3. The van der Waals surface area contributed by atoms with Crippen LogP contribution in [0.5, 0.6) is 5.75 Å². The van der Waals surface area contributed by atoms with Crippen LogP contribution in [0.3, 0.4) is 0 Å². The van der Waals surface area contributed by atoms with E-state index in [0.717, 1.165) is 11.5 Å². The summed E-state index contributed by atoms with van der Waals surface area (Å²) in [5.41, 5.74) is 6.23. The number of ether oxygens (including phenoxy) is 1. The van der Waals surface area contributed by atoms with Gasteiger partial charge in [0.1, 0.15) is 0 Å². The molecular formula is C9H8FN3OS. The molecule has 0 amide bonds. The fourth-order valence-corrected chi connectivity index (χ4v) is 1.78. The fraction of sp³-hybridized carbons (Fsp3) is 0.111. The summed E-state index contributed by atoms with van der Waals surface area (Å²) in [4.78, 5) is 0.663. The van der Waals surface area contributed by atoms with Crippen molar-refractivity contribution in [1.82, 2.24) is 9.59 Å². The number of aromatic nitrogens is 2. The van der Waals surface area contributed by atoms with Gasteiger partial charge in [0, 0.05) is 5.56 Å². The van der Waals surface area contributed by atoms with Gasteiger partial charge in [-0.1, -0.05) is 4.49 Å². The third-order valence-corrected chi connectivity index (χ3v) is 2.72. The van der Waals surface area contributed by atoms with Crippen LogP contribution in [-0.4, -0.2) is 16.7 Å². The lowest BCUT2D eigenvalue weighted by molar-refractivity contribution is 0.386.